The highest BCUT2D eigenvalue weighted by atomic mass is 35.5. The molecule has 1 saturated heterocycles. The third-order valence-electron chi connectivity index (χ3n) is 3.89. The van der Waals surface area contributed by atoms with Crippen LogP contribution in [0.3, 0.4) is 0 Å². The first-order valence-corrected chi connectivity index (χ1v) is 7.18. The van der Waals surface area contributed by atoms with Crippen molar-refractivity contribution in [2.24, 2.45) is 5.41 Å². The van der Waals surface area contributed by atoms with E-state index < -0.39 is 11.4 Å². The van der Waals surface area contributed by atoms with Crippen molar-refractivity contribution in [3.8, 4) is 0 Å². The van der Waals surface area contributed by atoms with Crippen LogP contribution < -0.4 is 5.32 Å². The number of carbonyl (C=O) groups is 1. The van der Waals surface area contributed by atoms with Crippen molar-refractivity contribution < 1.29 is 14.6 Å². The lowest BCUT2D eigenvalue weighted by atomic mass is 9.80. The number of benzene rings is 1. The molecule has 1 fully saturated rings. The minimum atomic E-state index is -0.747. The number of ether oxygens (including phenoxy) is 1. The number of carboxylic acids is 1. The standard InChI is InChI=1S/C15H20ClNO3/c1-11-2-3-12(13(16)8-11)9-17-10-15(14(18)19)4-6-20-7-5-15/h2-3,8,17H,4-7,9-10H2,1H3,(H,18,19). The summed E-state index contributed by atoms with van der Waals surface area (Å²) in [5.41, 5.74) is 1.39. The van der Waals surface area contributed by atoms with E-state index in [1.54, 1.807) is 0 Å². The summed E-state index contributed by atoms with van der Waals surface area (Å²) in [4.78, 5) is 11.5. The quantitative estimate of drug-likeness (QED) is 0.877. The van der Waals surface area contributed by atoms with Crippen LogP contribution in [-0.4, -0.2) is 30.8 Å². The maximum atomic E-state index is 11.5. The van der Waals surface area contributed by atoms with Crippen LogP contribution in [0.2, 0.25) is 5.02 Å². The minimum Gasteiger partial charge on any atom is -0.481 e. The van der Waals surface area contributed by atoms with Crippen LogP contribution in [0, 0.1) is 12.3 Å². The van der Waals surface area contributed by atoms with Crippen molar-refractivity contribution in [2.75, 3.05) is 19.8 Å². The van der Waals surface area contributed by atoms with Gasteiger partial charge >= 0.3 is 5.97 Å². The lowest BCUT2D eigenvalue weighted by Gasteiger charge is -2.33. The molecule has 0 bridgehead atoms. The lowest BCUT2D eigenvalue weighted by Crippen LogP contribution is -2.44. The van der Waals surface area contributed by atoms with Gasteiger partial charge in [0.05, 0.1) is 5.41 Å². The summed E-state index contributed by atoms with van der Waals surface area (Å²) in [5, 5.41) is 13.4. The molecule has 1 heterocycles. The predicted octanol–water partition coefficient (Wildman–Crippen LogP) is 2.62. The second kappa shape index (κ2) is 6.57. The van der Waals surface area contributed by atoms with E-state index in [1.165, 1.54) is 0 Å². The number of aryl methyl sites for hydroxylation is 1. The Labute approximate surface area is 124 Å². The summed E-state index contributed by atoms with van der Waals surface area (Å²) in [6, 6.07) is 5.90. The fourth-order valence-electron chi connectivity index (χ4n) is 2.46. The van der Waals surface area contributed by atoms with Gasteiger partial charge < -0.3 is 15.2 Å². The SMILES string of the molecule is Cc1ccc(CNCC2(C(=O)O)CCOCC2)c(Cl)c1. The zero-order valence-corrected chi connectivity index (χ0v) is 12.4. The predicted molar refractivity (Wildman–Crippen MR) is 78.0 cm³/mol. The average Bonchev–Trinajstić information content (AvgIpc) is 2.42. The molecule has 0 amide bonds. The second-order valence-electron chi connectivity index (χ2n) is 5.40. The van der Waals surface area contributed by atoms with Crippen LogP contribution >= 0.6 is 11.6 Å². The van der Waals surface area contributed by atoms with Gasteiger partial charge in [-0.2, -0.15) is 0 Å². The van der Waals surface area contributed by atoms with Gasteiger partial charge in [-0.25, -0.2) is 0 Å². The van der Waals surface area contributed by atoms with Crippen molar-refractivity contribution in [2.45, 2.75) is 26.3 Å². The molecular weight excluding hydrogens is 278 g/mol. The molecule has 0 unspecified atom stereocenters. The van der Waals surface area contributed by atoms with Gasteiger partial charge in [0.15, 0.2) is 0 Å². The largest absolute Gasteiger partial charge is 0.481 e. The number of rotatable bonds is 5. The molecule has 4 nitrogen and oxygen atoms in total. The molecule has 20 heavy (non-hydrogen) atoms. The Bertz CT molecular complexity index is 484. The molecule has 1 aliphatic heterocycles. The first kappa shape index (κ1) is 15.3. The van der Waals surface area contributed by atoms with Crippen molar-refractivity contribution in [3.63, 3.8) is 0 Å². The van der Waals surface area contributed by atoms with Crippen molar-refractivity contribution in [3.05, 3.63) is 34.3 Å². The summed E-state index contributed by atoms with van der Waals surface area (Å²) >= 11 is 6.17. The monoisotopic (exact) mass is 297 g/mol. The van der Waals surface area contributed by atoms with Crippen LogP contribution in [0.25, 0.3) is 0 Å². The molecule has 0 atom stereocenters. The first-order valence-electron chi connectivity index (χ1n) is 6.80. The van der Waals surface area contributed by atoms with Gasteiger partial charge in [0.2, 0.25) is 0 Å². The number of halogens is 1. The van der Waals surface area contributed by atoms with E-state index in [9.17, 15) is 9.90 Å². The number of hydrogen-bond donors (Lipinski definition) is 2. The van der Waals surface area contributed by atoms with Crippen molar-refractivity contribution >= 4 is 17.6 Å². The van der Waals surface area contributed by atoms with Gasteiger partial charge in [0.25, 0.3) is 0 Å². The molecule has 0 spiro atoms. The molecule has 0 aromatic heterocycles. The smallest absolute Gasteiger partial charge is 0.311 e. The van der Waals surface area contributed by atoms with Crippen LogP contribution in [0.5, 0.6) is 0 Å². The fourth-order valence-corrected chi connectivity index (χ4v) is 2.76. The summed E-state index contributed by atoms with van der Waals surface area (Å²) < 4.78 is 5.26. The highest BCUT2D eigenvalue weighted by Crippen LogP contribution is 2.30. The van der Waals surface area contributed by atoms with Crippen molar-refractivity contribution in [1.29, 1.82) is 0 Å². The molecule has 2 rings (SSSR count). The molecule has 0 aliphatic carbocycles. The van der Waals surface area contributed by atoms with Crippen LogP contribution in [0.4, 0.5) is 0 Å². The van der Waals surface area contributed by atoms with E-state index >= 15 is 0 Å². The Morgan fingerprint density at radius 3 is 2.75 bits per heavy atom. The van der Waals surface area contributed by atoms with E-state index in [-0.39, 0.29) is 0 Å². The van der Waals surface area contributed by atoms with E-state index in [1.807, 2.05) is 25.1 Å². The zero-order chi connectivity index (χ0) is 14.6. The van der Waals surface area contributed by atoms with Crippen LogP contribution in [0.15, 0.2) is 18.2 Å². The Morgan fingerprint density at radius 1 is 1.45 bits per heavy atom. The first-order chi connectivity index (χ1) is 9.53. The third-order valence-corrected chi connectivity index (χ3v) is 4.24. The summed E-state index contributed by atoms with van der Waals surface area (Å²) in [5.74, 6) is -0.747. The molecule has 5 heteroatoms. The van der Waals surface area contributed by atoms with Gasteiger partial charge in [-0.1, -0.05) is 23.7 Å². The normalized spacial score (nSPS) is 17.9. The Balaban J connectivity index is 1.95. The molecule has 0 radical (unpaired) electrons. The number of carboxylic acid groups (broad SMARTS) is 1. The van der Waals surface area contributed by atoms with Gasteiger partial charge in [0.1, 0.15) is 0 Å². The second-order valence-corrected chi connectivity index (χ2v) is 5.80. The highest BCUT2D eigenvalue weighted by molar-refractivity contribution is 6.31. The summed E-state index contributed by atoms with van der Waals surface area (Å²) in [6.07, 6.45) is 1.11. The van der Waals surface area contributed by atoms with Gasteiger partial charge in [-0.3, -0.25) is 4.79 Å². The summed E-state index contributed by atoms with van der Waals surface area (Å²) in [6.45, 7) is 4.04. The molecule has 2 N–H and O–H groups in total. The Hall–Kier alpha value is -1.10. The van der Waals surface area contributed by atoms with E-state index in [2.05, 4.69) is 5.32 Å². The number of aliphatic carboxylic acids is 1. The molecule has 110 valence electrons. The van der Waals surface area contributed by atoms with Gasteiger partial charge in [-0.15, -0.1) is 0 Å². The minimum absolute atomic E-state index is 0.440. The van der Waals surface area contributed by atoms with Crippen LogP contribution in [0.1, 0.15) is 24.0 Å². The topological polar surface area (TPSA) is 58.6 Å². The third kappa shape index (κ3) is 3.51. The van der Waals surface area contributed by atoms with E-state index in [0.29, 0.717) is 44.2 Å². The molecule has 1 aromatic carbocycles. The van der Waals surface area contributed by atoms with Crippen molar-refractivity contribution in [1.82, 2.24) is 5.32 Å². The lowest BCUT2D eigenvalue weighted by molar-refractivity contribution is -0.154. The van der Waals surface area contributed by atoms with E-state index in [4.69, 9.17) is 16.3 Å². The zero-order valence-electron chi connectivity index (χ0n) is 11.6. The number of nitrogens with one attached hydrogen (secondary N) is 1. The molecular formula is C15H20ClNO3. The average molecular weight is 298 g/mol. The molecule has 1 aliphatic rings. The van der Waals surface area contributed by atoms with Crippen LogP contribution in [-0.2, 0) is 16.1 Å². The highest BCUT2D eigenvalue weighted by Gasteiger charge is 2.39. The fraction of sp³-hybridized carbons (Fsp3) is 0.533. The maximum absolute atomic E-state index is 11.5. The molecule has 0 saturated carbocycles. The van der Waals surface area contributed by atoms with E-state index in [0.717, 1.165) is 11.1 Å². The van der Waals surface area contributed by atoms with Gasteiger partial charge in [-0.05, 0) is 37.0 Å². The number of hydrogen-bond acceptors (Lipinski definition) is 3. The maximum Gasteiger partial charge on any atom is 0.311 e. The summed E-state index contributed by atoms with van der Waals surface area (Å²) in [7, 11) is 0. The Kier molecular flexibility index (Phi) is 5.02. The molecule has 1 aromatic rings. The van der Waals surface area contributed by atoms with Gasteiger partial charge in [0, 0.05) is 31.3 Å². The Morgan fingerprint density at radius 2 is 2.15 bits per heavy atom.